The maximum Gasteiger partial charge on any atom is 0.238 e. The van der Waals surface area contributed by atoms with Crippen molar-refractivity contribution >= 4 is 27.0 Å². The van der Waals surface area contributed by atoms with Crippen LogP contribution in [0.15, 0.2) is 35.4 Å². The van der Waals surface area contributed by atoms with Crippen LogP contribution < -0.4 is 10.5 Å². The van der Waals surface area contributed by atoms with Crippen LogP contribution >= 0.6 is 0 Å². The van der Waals surface area contributed by atoms with Gasteiger partial charge in [-0.1, -0.05) is 44.7 Å². The number of unbranched alkanes of at least 4 members (excludes halogenated alkanes) is 1. The van der Waals surface area contributed by atoms with E-state index in [9.17, 15) is 8.42 Å². The lowest BCUT2D eigenvalue weighted by atomic mass is 9.96. The molecule has 1 saturated carbocycles. The van der Waals surface area contributed by atoms with Crippen LogP contribution in [0.1, 0.15) is 57.9 Å². The number of sulfonamides is 1. The molecule has 0 spiro atoms. The molecule has 3 aromatic rings. The summed E-state index contributed by atoms with van der Waals surface area (Å²) in [5, 5.41) is 14.3. The van der Waals surface area contributed by atoms with Crippen LogP contribution in [-0.2, 0) is 10.0 Å². The number of benzene rings is 1. The molecule has 1 aromatic carbocycles. The van der Waals surface area contributed by atoms with E-state index in [4.69, 9.17) is 15.2 Å². The predicted octanol–water partition coefficient (Wildman–Crippen LogP) is 3.86. The second-order valence-corrected chi connectivity index (χ2v) is 9.43. The van der Waals surface area contributed by atoms with Gasteiger partial charge in [0.05, 0.1) is 16.3 Å². The first-order chi connectivity index (χ1) is 14.5. The molecule has 0 aliphatic heterocycles. The topological polar surface area (TPSA) is 116 Å². The first-order valence-corrected chi connectivity index (χ1v) is 12.1. The zero-order valence-corrected chi connectivity index (χ0v) is 18.0. The molecule has 1 aliphatic carbocycles. The van der Waals surface area contributed by atoms with Crippen molar-refractivity contribution in [1.82, 2.24) is 19.7 Å². The quantitative estimate of drug-likeness (QED) is 0.552. The molecule has 0 radical (unpaired) electrons. The number of hydrogen-bond donors (Lipinski definition) is 2. The zero-order chi connectivity index (χ0) is 21.1. The summed E-state index contributed by atoms with van der Waals surface area (Å²) in [6.45, 7) is 2.98. The van der Waals surface area contributed by atoms with E-state index >= 15 is 0 Å². The van der Waals surface area contributed by atoms with Gasteiger partial charge in [-0.2, -0.15) is 10.1 Å². The highest BCUT2D eigenvalue weighted by Gasteiger charge is 2.23. The Bertz CT molecular complexity index is 1120. The fourth-order valence-corrected chi connectivity index (χ4v) is 4.50. The normalized spacial score (nSPS) is 15.5. The molecule has 1 fully saturated rings. The minimum absolute atomic E-state index is 0.0842. The molecule has 8 nitrogen and oxygen atoms in total. The summed E-state index contributed by atoms with van der Waals surface area (Å²) in [6.07, 6.45) is 9.79. The maximum atomic E-state index is 11.6. The standard InChI is InChI=1S/C21H28N6O2S/c1-2-3-13-23-21-24-14-18-19(15-9-11-17(12-10-15)30(22,28)29)26-27(20(18)25-21)16-7-5-4-6-8-16/h9-12,14,16H,2-8,13H2,1H3,(H2,22,28,29)(H,23,24,25). The van der Waals surface area contributed by atoms with Gasteiger partial charge in [0.15, 0.2) is 5.65 Å². The Hall–Kier alpha value is -2.52. The molecule has 160 valence electrons. The third kappa shape index (κ3) is 4.32. The highest BCUT2D eigenvalue weighted by atomic mass is 32.2. The Morgan fingerprint density at radius 2 is 1.90 bits per heavy atom. The van der Waals surface area contributed by atoms with Crippen LogP contribution in [0.5, 0.6) is 0 Å². The smallest absolute Gasteiger partial charge is 0.238 e. The summed E-state index contributed by atoms with van der Waals surface area (Å²) in [6, 6.07) is 6.81. The van der Waals surface area contributed by atoms with Gasteiger partial charge in [-0.25, -0.2) is 23.2 Å². The Kier molecular flexibility index (Phi) is 6.01. The summed E-state index contributed by atoms with van der Waals surface area (Å²) in [5.74, 6) is 0.615. The maximum absolute atomic E-state index is 11.6. The molecule has 2 heterocycles. The van der Waals surface area contributed by atoms with Crippen molar-refractivity contribution in [2.45, 2.75) is 62.8 Å². The Labute approximate surface area is 177 Å². The van der Waals surface area contributed by atoms with Crippen molar-refractivity contribution in [2.24, 2.45) is 5.14 Å². The fraction of sp³-hybridized carbons (Fsp3) is 0.476. The minimum atomic E-state index is -3.73. The first kappa shape index (κ1) is 20.7. The molecule has 0 bridgehead atoms. The SMILES string of the molecule is CCCCNc1ncc2c(-c3ccc(S(N)(=O)=O)cc3)nn(C3CCCCC3)c2n1. The van der Waals surface area contributed by atoms with Crippen molar-refractivity contribution in [2.75, 3.05) is 11.9 Å². The van der Waals surface area contributed by atoms with E-state index in [0.29, 0.717) is 12.0 Å². The lowest BCUT2D eigenvalue weighted by Gasteiger charge is -2.22. The van der Waals surface area contributed by atoms with Gasteiger partial charge in [-0.15, -0.1) is 0 Å². The number of hydrogen-bond acceptors (Lipinski definition) is 6. The molecule has 0 amide bonds. The van der Waals surface area contributed by atoms with Gasteiger partial charge in [0.2, 0.25) is 16.0 Å². The van der Waals surface area contributed by atoms with Gasteiger partial charge in [0.1, 0.15) is 5.69 Å². The van der Waals surface area contributed by atoms with E-state index in [0.717, 1.165) is 54.5 Å². The van der Waals surface area contributed by atoms with Gasteiger partial charge in [-0.05, 0) is 31.4 Å². The van der Waals surface area contributed by atoms with Crippen molar-refractivity contribution in [3.63, 3.8) is 0 Å². The fourth-order valence-electron chi connectivity index (χ4n) is 3.98. The summed E-state index contributed by atoms with van der Waals surface area (Å²) >= 11 is 0. The molecular formula is C21H28N6O2S. The number of fused-ring (bicyclic) bond motifs is 1. The molecule has 0 saturated heterocycles. The Morgan fingerprint density at radius 1 is 1.17 bits per heavy atom. The van der Waals surface area contributed by atoms with Crippen molar-refractivity contribution in [3.05, 3.63) is 30.5 Å². The van der Waals surface area contributed by atoms with E-state index < -0.39 is 10.0 Å². The number of rotatable bonds is 7. The van der Waals surface area contributed by atoms with E-state index in [-0.39, 0.29) is 4.90 Å². The molecule has 0 atom stereocenters. The molecule has 2 aromatic heterocycles. The van der Waals surface area contributed by atoms with Crippen LogP contribution in [-0.4, -0.2) is 34.7 Å². The number of nitrogens with zero attached hydrogens (tertiary/aromatic N) is 4. The molecule has 1 aliphatic rings. The average Bonchev–Trinajstić information content (AvgIpc) is 3.13. The minimum Gasteiger partial charge on any atom is -0.354 e. The van der Waals surface area contributed by atoms with E-state index in [1.165, 1.54) is 31.4 Å². The predicted molar refractivity (Wildman–Crippen MR) is 118 cm³/mol. The van der Waals surface area contributed by atoms with Gasteiger partial charge in [0, 0.05) is 18.3 Å². The highest BCUT2D eigenvalue weighted by Crippen LogP contribution is 2.34. The molecule has 3 N–H and O–H groups in total. The first-order valence-electron chi connectivity index (χ1n) is 10.6. The summed E-state index contributed by atoms with van der Waals surface area (Å²) in [4.78, 5) is 9.36. The van der Waals surface area contributed by atoms with E-state index in [2.05, 4.69) is 17.2 Å². The lowest BCUT2D eigenvalue weighted by molar-refractivity contribution is 0.336. The van der Waals surface area contributed by atoms with Crippen LogP contribution in [0.3, 0.4) is 0 Å². The monoisotopic (exact) mass is 428 g/mol. The number of primary sulfonamides is 1. The molecule has 30 heavy (non-hydrogen) atoms. The number of aromatic nitrogens is 4. The summed E-state index contributed by atoms with van der Waals surface area (Å²) in [7, 11) is -3.73. The highest BCUT2D eigenvalue weighted by molar-refractivity contribution is 7.89. The second-order valence-electron chi connectivity index (χ2n) is 7.87. The lowest BCUT2D eigenvalue weighted by Crippen LogP contribution is -2.15. The zero-order valence-electron chi connectivity index (χ0n) is 17.2. The van der Waals surface area contributed by atoms with Crippen molar-refractivity contribution in [3.8, 4) is 11.3 Å². The summed E-state index contributed by atoms with van der Waals surface area (Å²) < 4.78 is 25.2. The van der Waals surface area contributed by atoms with Crippen molar-refractivity contribution in [1.29, 1.82) is 0 Å². The molecule has 4 rings (SSSR count). The second kappa shape index (κ2) is 8.69. The van der Waals surface area contributed by atoms with E-state index in [1.54, 1.807) is 12.1 Å². The average molecular weight is 429 g/mol. The largest absolute Gasteiger partial charge is 0.354 e. The van der Waals surface area contributed by atoms with Crippen LogP contribution in [0.2, 0.25) is 0 Å². The van der Waals surface area contributed by atoms with E-state index in [1.807, 2.05) is 10.9 Å². The molecular weight excluding hydrogens is 400 g/mol. The number of anilines is 1. The summed E-state index contributed by atoms with van der Waals surface area (Å²) in [5.41, 5.74) is 2.40. The third-order valence-electron chi connectivity index (χ3n) is 5.64. The van der Waals surface area contributed by atoms with Gasteiger partial charge in [-0.3, -0.25) is 0 Å². The number of nitrogens with one attached hydrogen (secondary N) is 1. The Balaban J connectivity index is 1.77. The van der Waals surface area contributed by atoms with Crippen LogP contribution in [0.25, 0.3) is 22.3 Å². The van der Waals surface area contributed by atoms with Crippen LogP contribution in [0.4, 0.5) is 5.95 Å². The molecule has 0 unspecified atom stereocenters. The molecule has 9 heteroatoms. The van der Waals surface area contributed by atoms with Gasteiger partial charge >= 0.3 is 0 Å². The third-order valence-corrected chi connectivity index (χ3v) is 6.57. The Morgan fingerprint density at radius 3 is 2.57 bits per heavy atom. The number of nitrogens with two attached hydrogens (primary N) is 1. The van der Waals surface area contributed by atoms with Gasteiger partial charge < -0.3 is 5.32 Å². The van der Waals surface area contributed by atoms with Gasteiger partial charge in [0.25, 0.3) is 0 Å². The van der Waals surface area contributed by atoms with Crippen LogP contribution in [0, 0.1) is 0 Å². The van der Waals surface area contributed by atoms with Crippen molar-refractivity contribution < 1.29 is 8.42 Å².